The van der Waals surface area contributed by atoms with Crippen molar-refractivity contribution in [3.63, 3.8) is 0 Å². The molecule has 104 valence electrons. The van der Waals surface area contributed by atoms with Crippen LogP contribution in [0.4, 0.5) is 0 Å². The van der Waals surface area contributed by atoms with E-state index in [1.54, 1.807) is 0 Å². The van der Waals surface area contributed by atoms with Crippen LogP contribution < -0.4 is 5.32 Å². The average molecular weight is 268 g/mol. The second kappa shape index (κ2) is 6.31. The van der Waals surface area contributed by atoms with Crippen molar-refractivity contribution in [2.45, 2.75) is 64.8 Å². The molecule has 18 heavy (non-hydrogen) atoms. The highest BCUT2D eigenvalue weighted by Gasteiger charge is 2.33. The molecule has 2 aliphatic rings. The van der Waals surface area contributed by atoms with Crippen LogP contribution in [0, 0.1) is 11.8 Å². The van der Waals surface area contributed by atoms with Crippen molar-refractivity contribution < 1.29 is 0 Å². The van der Waals surface area contributed by atoms with E-state index in [-0.39, 0.29) is 0 Å². The van der Waals surface area contributed by atoms with Crippen LogP contribution in [0.25, 0.3) is 0 Å². The van der Waals surface area contributed by atoms with Gasteiger partial charge in [0.15, 0.2) is 5.17 Å². The molecule has 2 fully saturated rings. The van der Waals surface area contributed by atoms with Crippen molar-refractivity contribution in [3.8, 4) is 0 Å². The summed E-state index contributed by atoms with van der Waals surface area (Å²) in [5.74, 6) is 2.94. The molecule has 1 saturated carbocycles. The number of nitrogens with one attached hydrogen (secondary N) is 1. The van der Waals surface area contributed by atoms with Crippen LogP contribution in [0.5, 0.6) is 0 Å². The molecule has 0 radical (unpaired) electrons. The molecular formula is C15H28N2S. The van der Waals surface area contributed by atoms with Crippen LogP contribution in [-0.2, 0) is 0 Å². The Morgan fingerprint density at radius 2 is 2.11 bits per heavy atom. The summed E-state index contributed by atoms with van der Waals surface area (Å²) >= 11 is 1.93. The minimum Gasteiger partial charge on any atom is -0.359 e. The minimum atomic E-state index is 0.323. The van der Waals surface area contributed by atoms with E-state index in [4.69, 9.17) is 4.99 Å². The minimum absolute atomic E-state index is 0.323. The molecule has 1 aliphatic heterocycles. The lowest BCUT2D eigenvalue weighted by molar-refractivity contribution is 0.289. The van der Waals surface area contributed by atoms with E-state index in [1.807, 2.05) is 11.8 Å². The molecule has 1 saturated heterocycles. The molecule has 2 unspecified atom stereocenters. The van der Waals surface area contributed by atoms with Crippen LogP contribution in [0.2, 0.25) is 0 Å². The van der Waals surface area contributed by atoms with Gasteiger partial charge in [0.1, 0.15) is 0 Å². The molecule has 0 aromatic rings. The Bertz CT molecular complexity index is 297. The number of aliphatic imine (C=N–C) groups is 1. The Morgan fingerprint density at radius 1 is 1.33 bits per heavy atom. The van der Waals surface area contributed by atoms with Crippen molar-refractivity contribution in [1.82, 2.24) is 5.32 Å². The number of hydrogen-bond acceptors (Lipinski definition) is 2. The number of amidine groups is 1. The van der Waals surface area contributed by atoms with Gasteiger partial charge in [-0.3, -0.25) is 4.99 Å². The highest BCUT2D eigenvalue weighted by atomic mass is 32.2. The highest BCUT2D eigenvalue weighted by Crippen LogP contribution is 2.31. The van der Waals surface area contributed by atoms with Crippen molar-refractivity contribution in [1.29, 1.82) is 0 Å². The van der Waals surface area contributed by atoms with Gasteiger partial charge in [-0.15, -0.1) is 0 Å². The zero-order valence-corrected chi connectivity index (χ0v) is 13.0. The predicted molar refractivity (Wildman–Crippen MR) is 82.3 cm³/mol. The zero-order valence-electron chi connectivity index (χ0n) is 12.2. The van der Waals surface area contributed by atoms with Gasteiger partial charge in [-0.25, -0.2) is 0 Å². The van der Waals surface area contributed by atoms with E-state index in [9.17, 15) is 0 Å². The van der Waals surface area contributed by atoms with E-state index in [0.717, 1.165) is 18.4 Å². The van der Waals surface area contributed by atoms with Gasteiger partial charge in [0.25, 0.3) is 0 Å². The van der Waals surface area contributed by atoms with Gasteiger partial charge in [0.05, 0.1) is 0 Å². The number of nitrogens with zero attached hydrogens (tertiary/aromatic N) is 1. The van der Waals surface area contributed by atoms with Gasteiger partial charge in [-0.1, -0.05) is 45.4 Å². The molecular weight excluding hydrogens is 240 g/mol. The first-order valence-corrected chi connectivity index (χ1v) is 8.61. The third-order valence-electron chi connectivity index (χ3n) is 4.75. The largest absolute Gasteiger partial charge is 0.359 e. The van der Waals surface area contributed by atoms with Gasteiger partial charge in [0, 0.05) is 17.8 Å². The normalized spacial score (nSPS) is 33.6. The smallest absolute Gasteiger partial charge is 0.157 e. The molecule has 2 rings (SSSR count). The summed E-state index contributed by atoms with van der Waals surface area (Å²) in [5, 5.41) is 4.87. The predicted octanol–water partition coefficient (Wildman–Crippen LogP) is 4.06. The molecule has 0 spiro atoms. The fourth-order valence-electron chi connectivity index (χ4n) is 3.16. The summed E-state index contributed by atoms with van der Waals surface area (Å²) in [6, 6.07) is 0. The van der Waals surface area contributed by atoms with Crippen molar-refractivity contribution in [2.24, 2.45) is 16.8 Å². The lowest BCUT2D eigenvalue weighted by Crippen LogP contribution is -2.42. The molecule has 0 aromatic heterocycles. The standard InChI is InChI=1S/C15H28N2S/c1-4-15(5-2)11-18-14(17-15)16-10-13-8-6-7-12(3)9-13/h12-13H,4-11H2,1-3H3,(H,16,17). The van der Waals surface area contributed by atoms with Gasteiger partial charge in [-0.2, -0.15) is 0 Å². The Hall–Kier alpha value is -0.180. The first kappa shape index (κ1) is 14.2. The fraction of sp³-hybridized carbons (Fsp3) is 0.933. The van der Waals surface area contributed by atoms with Gasteiger partial charge < -0.3 is 5.32 Å². The molecule has 2 atom stereocenters. The lowest BCUT2D eigenvalue weighted by Gasteiger charge is -2.26. The van der Waals surface area contributed by atoms with Crippen LogP contribution in [0.3, 0.4) is 0 Å². The number of thioether (sulfide) groups is 1. The monoisotopic (exact) mass is 268 g/mol. The molecule has 0 bridgehead atoms. The van der Waals surface area contributed by atoms with E-state index in [2.05, 4.69) is 26.1 Å². The first-order valence-electron chi connectivity index (χ1n) is 7.63. The summed E-state index contributed by atoms with van der Waals surface area (Å²) in [7, 11) is 0. The maximum Gasteiger partial charge on any atom is 0.157 e. The highest BCUT2D eigenvalue weighted by molar-refractivity contribution is 8.14. The molecule has 0 amide bonds. The Kier molecular flexibility index (Phi) is 4.99. The van der Waals surface area contributed by atoms with Gasteiger partial charge in [0.2, 0.25) is 0 Å². The molecule has 2 nitrogen and oxygen atoms in total. The lowest BCUT2D eigenvalue weighted by atomic mass is 9.82. The Labute approximate surface area is 116 Å². The number of rotatable bonds is 4. The maximum absolute atomic E-state index is 4.84. The Balaban J connectivity index is 1.83. The molecule has 1 N–H and O–H groups in total. The summed E-state index contributed by atoms with van der Waals surface area (Å²) in [5.41, 5.74) is 0.323. The van der Waals surface area contributed by atoms with E-state index < -0.39 is 0 Å². The van der Waals surface area contributed by atoms with Gasteiger partial charge >= 0.3 is 0 Å². The number of hydrogen-bond donors (Lipinski definition) is 1. The third-order valence-corrected chi connectivity index (χ3v) is 5.95. The topological polar surface area (TPSA) is 24.4 Å². The maximum atomic E-state index is 4.84. The summed E-state index contributed by atoms with van der Waals surface area (Å²) < 4.78 is 0. The summed E-state index contributed by atoms with van der Waals surface area (Å²) in [4.78, 5) is 4.84. The fourth-order valence-corrected chi connectivity index (χ4v) is 4.51. The van der Waals surface area contributed by atoms with Crippen LogP contribution in [0.1, 0.15) is 59.3 Å². The van der Waals surface area contributed by atoms with E-state index >= 15 is 0 Å². The quantitative estimate of drug-likeness (QED) is 0.831. The van der Waals surface area contributed by atoms with Crippen molar-refractivity contribution in [2.75, 3.05) is 12.3 Å². The van der Waals surface area contributed by atoms with Gasteiger partial charge in [-0.05, 0) is 37.5 Å². The molecule has 1 aliphatic carbocycles. The Morgan fingerprint density at radius 3 is 2.72 bits per heavy atom. The molecule has 1 heterocycles. The zero-order chi connectivity index (χ0) is 13.0. The SMILES string of the molecule is CCC1(CC)CSC(=NCC2CCCC(C)C2)N1. The third kappa shape index (κ3) is 3.43. The first-order chi connectivity index (χ1) is 8.67. The average Bonchev–Trinajstić information content (AvgIpc) is 2.81. The van der Waals surface area contributed by atoms with Crippen molar-refractivity contribution in [3.05, 3.63) is 0 Å². The van der Waals surface area contributed by atoms with E-state index in [1.165, 1.54) is 49.4 Å². The summed E-state index contributed by atoms with van der Waals surface area (Å²) in [6.45, 7) is 8.00. The molecule has 0 aromatic carbocycles. The van der Waals surface area contributed by atoms with Crippen molar-refractivity contribution >= 4 is 16.9 Å². The van der Waals surface area contributed by atoms with Crippen LogP contribution in [-0.4, -0.2) is 23.0 Å². The van der Waals surface area contributed by atoms with Crippen LogP contribution >= 0.6 is 11.8 Å². The second-order valence-corrected chi connectivity index (χ2v) is 7.15. The second-order valence-electron chi connectivity index (χ2n) is 6.18. The molecule has 3 heteroatoms. The van der Waals surface area contributed by atoms with Crippen LogP contribution in [0.15, 0.2) is 4.99 Å². The summed E-state index contributed by atoms with van der Waals surface area (Å²) in [6.07, 6.45) is 8.01. The van der Waals surface area contributed by atoms with E-state index in [0.29, 0.717) is 5.54 Å².